The van der Waals surface area contributed by atoms with E-state index in [0.717, 1.165) is 12.8 Å². The van der Waals surface area contributed by atoms with Crippen molar-refractivity contribution < 1.29 is 24.2 Å². The number of ketones is 1. The fraction of sp³-hybridized carbons (Fsp3) is 0.727. The van der Waals surface area contributed by atoms with Crippen molar-refractivity contribution in [3.05, 3.63) is 24.0 Å². The van der Waals surface area contributed by atoms with Gasteiger partial charge in [-0.05, 0) is 51.0 Å². The quantitative estimate of drug-likeness (QED) is 0.249. The monoisotopic (exact) mass is 382 g/mol. The molecule has 5 heteroatoms. The molecule has 0 aromatic rings. The highest BCUT2D eigenvalue weighted by Crippen LogP contribution is 2.48. The Morgan fingerprint density at radius 1 is 1.33 bits per heavy atom. The molecule has 0 heterocycles. The molecule has 0 aliphatic heterocycles. The zero-order valence-electron chi connectivity index (χ0n) is 17.0. The van der Waals surface area contributed by atoms with Crippen molar-refractivity contribution in [2.24, 2.45) is 11.3 Å². The highest BCUT2D eigenvalue weighted by atomic mass is 19.1. The fourth-order valence-electron chi connectivity index (χ4n) is 3.80. The number of carbonyl (C=O) groups excluding carboxylic acids is 1. The summed E-state index contributed by atoms with van der Waals surface area (Å²) < 4.78 is 14.6. The van der Waals surface area contributed by atoms with E-state index in [1.54, 1.807) is 6.92 Å². The zero-order valence-corrected chi connectivity index (χ0v) is 17.0. The van der Waals surface area contributed by atoms with E-state index in [-0.39, 0.29) is 30.3 Å². The predicted octanol–water partition coefficient (Wildman–Crippen LogP) is 5.92. The molecule has 1 rings (SSSR count). The van der Waals surface area contributed by atoms with E-state index in [1.165, 1.54) is 6.08 Å². The van der Waals surface area contributed by atoms with Gasteiger partial charge in [-0.1, -0.05) is 38.8 Å². The number of carboxylic acid groups (broad SMARTS) is 1. The Morgan fingerprint density at radius 2 is 2.04 bits per heavy atom. The normalized spacial score (nSPS) is 25.9. The molecule has 4 nitrogen and oxygen atoms in total. The summed E-state index contributed by atoms with van der Waals surface area (Å²) in [5, 5.41) is 19.4. The van der Waals surface area contributed by atoms with Gasteiger partial charge in [-0.15, -0.1) is 0 Å². The lowest BCUT2D eigenvalue weighted by Crippen LogP contribution is -2.33. The Bertz CT molecular complexity index is 565. The van der Waals surface area contributed by atoms with Crippen LogP contribution in [0.15, 0.2) is 24.0 Å². The van der Waals surface area contributed by atoms with Gasteiger partial charge in [-0.2, -0.15) is 0 Å². The summed E-state index contributed by atoms with van der Waals surface area (Å²) in [6.45, 7) is 5.51. The van der Waals surface area contributed by atoms with Crippen LogP contribution < -0.4 is 0 Å². The maximum atomic E-state index is 14.6. The number of carboxylic acids is 1. The summed E-state index contributed by atoms with van der Waals surface area (Å²) in [5.74, 6) is -0.829. The van der Waals surface area contributed by atoms with Gasteiger partial charge >= 0.3 is 5.97 Å². The SMILES string of the molecule is CCCCC(C)(F)CC=C(O)[C@]1(C/C=C\CCCC(=O)O)C(=O)CC[C@@H]1C. The van der Waals surface area contributed by atoms with Crippen molar-refractivity contribution in [2.75, 3.05) is 0 Å². The van der Waals surface area contributed by atoms with Gasteiger partial charge in [0.05, 0.1) is 5.41 Å². The van der Waals surface area contributed by atoms with Gasteiger partial charge in [0, 0.05) is 19.3 Å². The van der Waals surface area contributed by atoms with Gasteiger partial charge in [-0.25, -0.2) is 4.39 Å². The largest absolute Gasteiger partial charge is 0.512 e. The fourth-order valence-corrected chi connectivity index (χ4v) is 3.80. The van der Waals surface area contributed by atoms with Gasteiger partial charge in [-0.3, -0.25) is 9.59 Å². The van der Waals surface area contributed by atoms with Crippen LogP contribution in [0.4, 0.5) is 4.39 Å². The second-order valence-electron chi connectivity index (χ2n) is 8.11. The third kappa shape index (κ3) is 6.78. The lowest BCUT2D eigenvalue weighted by Gasteiger charge is -2.31. The molecule has 0 radical (unpaired) electrons. The number of rotatable bonds is 12. The minimum atomic E-state index is -1.39. The van der Waals surface area contributed by atoms with E-state index < -0.39 is 17.1 Å². The third-order valence-electron chi connectivity index (χ3n) is 5.74. The van der Waals surface area contributed by atoms with Crippen LogP contribution in [-0.4, -0.2) is 27.6 Å². The molecule has 1 fully saturated rings. The molecule has 1 aliphatic rings. The molecule has 3 atom stereocenters. The molecular weight excluding hydrogens is 347 g/mol. The number of aliphatic hydroxyl groups is 1. The summed E-state index contributed by atoms with van der Waals surface area (Å²) in [5.41, 5.74) is -2.35. The molecule has 154 valence electrons. The van der Waals surface area contributed by atoms with Crippen LogP contribution >= 0.6 is 0 Å². The number of allylic oxidation sites excluding steroid dienone is 4. The van der Waals surface area contributed by atoms with Crippen molar-refractivity contribution >= 4 is 11.8 Å². The molecular formula is C22H35FO4. The first-order valence-electron chi connectivity index (χ1n) is 10.1. The molecule has 2 N–H and O–H groups in total. The number of hydrogen-bond donors (Lipinski definition) is 2. The summed E-state index contributed by atoms with van der Waals surface area (Å²) in [6, 6.07) is 0. The van der Waals surface area contributed by atoms with Crippen molar-refractivity contribution in [2.45, 2.75) is 90.6 Å². The predicted molar refractivity (Wildman–Crippen MR) is 105 cm³/mol. The number of alkyl halides is 1. The Hall–Kier alpha value is -1.65. The molecule has 1 saturated carbocycles. The van der Waals surface area contributed by atoms with Crippen LogP contribution in [0, 0.1) is 11.3 Å². The summed E-state index contributed by atoms with van der Waals surface area (Å²) in [4.78, 5) is 23.2. The Balaban J connectivity index is 2.84. The molecule has 1 unspecified atom stereocenters. The molecule has 0 saturated heterocycles. The Kier molecular flexibility index (Phi) is 9.20. The van der Waals surface area contributed by atoms with E-state index in [9.17, 15) is 19.1 Å². The first-order chi connectivity index (χ1) is 12.7. The lowest BCUT2D eigenvalue weighted by atomic mass is 9.72. The topological polar surface area (TPSA) is 74.6 Å². The smallest absolute Gasteiger partial charge is 0.303 e. The standard InChI is InChI=1S/C22H35FO4/c1-4-5-14-21(3,23)16-13-19(25)22(17(2)11-12-18(22)24)15-9-7-6-8-10-20(26)27/h7,9,13,17,25H,4-6,8,10-12,14-16H2,1-3H3,(H,26,27)/b9-7-,19-13?/t17-,21?,22-/m0/s1. The molecule has 1 aliphatic carbocycles. The van der Waals surface area contributed by atoms with Crippen LogP contribution in [0.25, 0.3) is 0 Å². The van der Waals surface area contributed by atoms with E-state index in [4.69, 9.17) is 5.11 Å². The number of aliphatic carboxylic acids is 1. The van der Waals surface area contributed by atoms with Crippen molar-refractivity contribution in [3.8, 4) is 0 Å². The third-order valence-corrected chi connectivity index (χ3v) is 5.74. The maximum Gasteiger partial charge on any atom is 0.303 e. The zero-order chi connectivity index (χ0) is 20.5. The van der Waals surface area contributed by atoms with Gasteiger partial charge < -0.3 is 10.2 Å². The van der Waals surface area contributed by atoms with Gasteiger partial charge in [0.15, 0.2) is 0 Å². The number of carbonyl (C=O) groups is 2. The van der Waals surface area contributed by atoms with E-state index >= 15 is 0 Å². The number of hydrogen-bond acceptors (Lipinski definition) is 3. The maximum absolute atomic E-state index is 14.6. The van der Waals surface area contributed by atoms with Crippen LogP contribution in [0.3, 0.4) is 0 Å². The number of Topliss-reactive ketones (excluding diaryl/α,β-unsaturated/α-hetero) is 1. The number of unbranched alkanes of at least 4 members (excludes halogenated alkanes) is 2. The van der Waals surface area contributed by atoms with Gasteiger partial charge in [0.2, 0.25) is 0 Å². The number of aliphatic hydroxyl groups excluding tert-OH is 1. The second-order valence-corrected chi connectivity index (χ2v) is 8.11. The average molecular weight is 383 g/mol. The van der Waals surface area contributed by atoms with Crippen molar-refractivity contribution in [1.82, 2.24) is 0 Å². The number of halogens is 1. The van der Waals surface area contributed by atoms with E-state index in [0.29, 0.717) is 38.5 Å². The molecule has 0 aromatic heterocycles. The van der Waals surface area contributed by atoms with Crippen LogP contribution in [0.1, 0.15) is 85.0 Å². The van der Waals surface area contributed by atoms with Crippen LogP contribution in [-0.2, 0) is 9.59 Å². The summed E-state index contributed by atoms with van der Waals surface area (Å²) in [7, 11) is 0. The van der Waals surface area contributed by atoms with Crippen molar-refractivity contribution in [3.63, 3.8) is 0 Å². The average Bonchev–Trinajstić information content (AvgIpc) is 2.89. The molecule has 27 heavy (non-hydrogen) atoms. The second kappa shape index (κ2) is 10.6. The molecule has 0 amide bonds. The van der Waals surface area contributed by atoms with Gasteiger partial charge in [0.1, 0.15) is 17.2 Å². The molecule has 0 spiro atoms. The minimum Gasteiger partial charge on any atom is -0.512 e. The molecule has 0 bridgehead atoms. The minimum absolute atomic E-state index is 0.00643. The highest BCUT2D eigenvalue weighted by molar-refractivity contribution is 5.90. The first kappa shape index (κ1) is 23.4. The van der Waals surface area contributed by atoms with Crippen LogP contribution in [0.5, 0.6) is 0 Å². The molecule has 0 aromatic carbocycles. The van der Waals surface area contributed by atoms with Crippen molar-refractivity contribution in [1.29, 1.82) is 0 Å². The van der Waals surface area contributed by atoms with E-state index in [1.807, 2.05) is 26.0 Å². The van der Waals surface area contributed by atoms with E-state index in [2.05, 4.69) is 0 Å². The van der Waals surface area contributed by atoms with Gasteiger partial charge in [0.25, 0.3) is 0 Å². The Labute approximate surface area is 162 Å². The Morgan fingerprint density at radius 3 is 2.59 bits per heavy atom. The highest BCUT2D eigenvalue weighted by Gasteiger charge is 2.50. The lowest BCUT2D eigenvalue weighted by molar-refractivity contribution is -0.137. The van der Waals surface area contributed by atoms with Crippen LogP contribution in [0.2, 0.25) is 0 Å². The summed E-state index contributed by atoms with van der Waals surface area (Å²) >= 11 is 0. The summed E-state index contributed by atoms with van der Waals surface area (Å²) in [6.07, 6.45) is 10.3. The first-order valence-corrected chi connectivity index (χ1v) is 10.1.